The molecule has 0 fully saturated rings. The molecular formula is C14H14O2. The third-order valence-electron chi connectivity index (χ3n) is 2.32. The molecule has 0 bridgehead atoms. The third kappa shape index (κ3) is 2.30. The van der Waals surface area contributed by atoms with Gasteiger partial charge in [0, 0.05) is 0 Å². The lowest BCUT2D eigenvalue weighted by Crippen LogP contribution is -2.09. The minimum absolute atomic E-state index is 0.173. The van der Waals surface area contributed by atoms with Gasteiger partial charge >= 0.3 is 0 Å². The third-order valence-corrected chi connectivity index (χ3v) is 2.32. The minimum atomic E-state index is -2.43. The molecule has 2 aromatic carbocycles. The van der Waals surface area contributed by atoms with Crippen LogP contribution in [0.5, 0.6) is 0 Å². The predicted molar refractivity (Wildman–Crippen MR) is 62.8 cm³/mol. The Morgan fingerprint density at radius 3 is 1.31 bits per heavy atom. The molecule has 0 amide bonds. The molecule has 2 rings (SSSR count). The van der Waals surface area contributed by atoms with Gasteiger partial charge in [-0.1, -0.05) is 60.7 Å². The van der Waals surface area contributed by atoms with Crippen molar-refractivity contribution in [3.05, 3.63) is 71.8 Å². The SMILES string of the molecule is [3H]C(O)(c1ccccc1)C([3H])(O)c1ccccc1. The molecule has 0 aliphatic heterocycles. The van der Waals surface area contributed by atoms with Crippen molar-refractivity contribution in [1.29, 1.82) is 0 Å². The standard InChI is InChI=1S/C14H14O2/c15-13(11-7-3-1-4-8-11)14(16)12-9-5-2-6-10-12/h1-10,13-16H/i13T,14T. The predicted octanol–water partition coefficient (Wildman–Crippen LogP) is 2.45. The zero-order valence-electron chi connectivity index (χ0n) is 10.7. The van der Waals surface area contributed by atoms with Crippen LogP contribution in [0.1, 0.15) is 26.0 Å². The van der Waals surface area contributed by atoms with Crippen molar-refractivity contribution in [2.45, 2.75) is 12.2 Å². The number of hydrogen-bond donors (Lipinski definition) is 2. The summed E-state index contributed by atoms with van der Waals surface area (Å²) in [6.07, 6.45) is -4.87. The molecule has 0 spiro atoms. The van der Waals surface area contributed by atoms with Crippen molar-refractivity contribution in [3.63, 3.8) is 0 Å². The average molecular weight is 218 g/mol. The summed E-state index contributed by atoms with van der Waals surface area (Å²) in [7, 11) is 0. The molecule has 16 heavy (non-hydrogen) atoms. The molecule has 0 heterocycles. The van der Waals surface area contributed by atoms with E-state index in [4.69, 9.17) is 2.74 Å². The lowest BCUT2D eigenvalue weighted by atomic mass is 9.99. The second-order valence-corrected chi connectivity index (χ2v) is 3.43. The zero-order valence-corrected chi connectivity index (χ0v) is 8.67. The fraction of sp³-hybridized carbons (Fsp3) is 0.143. The largest absolute Gasteiger partial charge is 0.385 e. The van der Waals surface area contributed by atoms with Crippen LogP contribution in [0.25, 0.3) is 0 Å². The van der Waals surface area contributed by atoms with Crippen molar-refractivity contribution < 1.29 is 13.0 Å². The summed E-state index contributed by atoms with van der Waals surface area (Å²) < 4.78 is 15.9. The van der Waals surface area contributed by atoms with Crippen LogP contribution >= 0.6 is 0 Å². The molecule has 2 N–H and O–H groups in total. The second-order valence-electron chi connectivity index (χ2n) is 3.43. The van der Waals surface area contributed by atoms with Gasteiger partial charge in [0.25, 0.3) is 0 Å². The van der Waals surface area contributed by atoms with Crippen molar-refractivity contribution in [2.24, 2.45) is 0 Å². The lowest BCUT2D eigenvalue weighted by molar-refractivity contribution is 0.0172. The fourth-order valence-electron chi connectivity index (χ4n) is 1.47. The maximum atomic E-state index is 10.2. The Balaban J connectivity index is 2.47. The first-order valence-electron chi connectivity index (χ1n) is 6.02. The molecule has 0 saturated carbocycles. The van der Waals surface area contributed by atoms with E-state index in [1.165, 1.54) is 24.3 Å². The van der Waals surface area contributed by atoms with E-state index < -0.39 is 12.2 Å². The topological polar surface area (TPSA) is 40.5 Å². The Kier molecular flexibility index (Phi) is 2.62. The van der Waals surface area contributed by atoms with Gasteiger partial charge in [-0.3, -0.25) is 0 Å². The summed E-state index contributed by atoms with van der Waals surface area (Å²) in [5, 5.41) is 20.4. The van der Waals surface area contributed by atoms with Gasteiger partial charge in [0.05, 0.1) is 2.74 Å². The van der Waals surface area contributed by atoms with E-state index in [2.05, 4.69) is 0 Å². The van der Waals surface area contributed by atoms with Gasteiger partial charge in [-0.05, 0) is 11.1 Å². The highest BCUT2D eigenvalue weighted by Gasteiger charge is 2.19. The first-order valence-corrected chi connectivity index (χ1v) is 5.02. The van der Waals surface area contributed by atoms with Gasteiger partial charge in [-0.25, -0.2) is 0 Å². The quantitative estimate of drug-likeness (QED) is 0.830. The number of benzene rings is 2. The minimum Gasteiger partial charge on any atom is -0.385 e. The molecule has 0 radical (unpaired) electrons. The zero-order chi connectivity index (χ0) is 13.2. The van der Waals surface area contributed by atoms with Crippen LogP contribution < -0.4 is 0 Å². The summed E-state index contributed by atoms with van der Waals surface area (Å²) in [5.74, 6) is 0. The lowest BCUT2D eigenvalue weighted by Gasteiger charge is -2.18. The van der Waals surface area contributed by atoms with Crippen LogP contribution in [0.3, 0.4) is 0 Å². The molecule has 82 valence electrons. The maximum absolute atomic E-state index is 10.2. The van der Waals surface area contributed by atoms with Gasteiger partial charge in [0.1, 0.15) is 12.2 Å². The van der Waals surface area contributed by atoms with E-state index in [1.807, 2.05) is 0 Å². The van der Waals surface area contributed by atoms with Crippen LogP contribution in [0, 0.1) is 0 Å². The molecule has 0 aromatic heterocycles. The normalized spacial score (nSPS) is 20.1. The van der Waals surface area contributed by atoms with Crippen molar-refractivity contribution in [1.82, 2.24) is 0 Å². The van der Waals surface area contributed by atoms with E-state index in [1.54, 1.807) is 36.4 Å². The molecule has 0 saturated heterocycles. The number of hydrogen-bond acceptors (Lipinski definition) is 2. The first-order chi connectivity index (χ1) is 8.46. The highest BCUT2D eigenvalue weighted by atomic mass is 16.3. The average Bonchev–Trinajstić information content (AvgIpc) is 2.40. The number of aliphatic hydroxyl groups is 2. The van der Waals surface area contributed by atoms with E-state index in [-0.39, 0.29) is 11.1 Å². The summed E-state index contributed by atoms with van der Waals surface area (Å²) >= 11 is 0. The summed E-state index contributed by atoms with van der Waals surface area (Å²) in [6.45, 7) is 0. The Morgan fingerprint density at radius 2 is 1.00 bits per heavy atom. The second kappa shape index (κ2) is 4.92. The van der Waals surface area contributed by atoms with E-state index in [0.717, 1.165) is 0 Å². The van der Waals surface area contributed by atoms with E-state index in [9.17, 15) is 10.2 Å². The molecule has 2 aromatic rings. The molecule has 2 atom stereocenters. The fourth-order valence-corrected chi connectivity index (χ4v) is 1.47. The Bertz CT molecular complexity index is 460. The van der Waals surface area contributed by atoms with Crippen LogP contribution in [0.2, 0.25) is 0 Å². The molecule has 0 aliphatic rings. The van der Waals surface area contributed by atoms with Crippen LogP contribution in [-0.4, -0.2) is 10.2 Å². The monoisotopic (exact) mass is 218 g/mol. The van der Waals surface area contributed by atoms with Gasteiger partial charge in [-0.2, -0.15) is 0 Å². The summed E-state index contributed by atoms with van der Waals surface area (Å²) in [6, 6.07) is 16.1. The van der Waals surface area contributed by atoms with Crippen molar-refractivity contribution in [3.8, 4) is 0 Å². The van der Waals surface area contributed by atoms with E-state index in [0.29, 0.717) is 0 Å². The van der Waals surface area contributed by atoms with Gasteiger partial charge in [0.2, 0.25) is 0 Å². The first kappa shape index (κ1) is 8.50. The van der Waals surface area contributed by atoms with Crippen molar-refractivity contribution >= 4 is 0 Å². The Morgan fingerprint density at radius 1 is 0.688 bits per heavy atom. The van der Waals surface area contributed by atoms with Crippen molar-refractivity contribution in [2.75, 3.05) is 0 Å². The number of rotatable bonds is 3. The Hall–Kier alpha value is -1.64. The van der Waals surface area contributed by atoms with Crippen LogP contribution in [0.4, 0.5) is 0 Å². The molecule has 2 unspecified atom stereocenters. The van der Waals surface area contributed by atoms with Gasteiger partial charge < -0.3 is 10.2 Å². The van der Waals surface area contributed by atoms with Crippen LogP contribution in [-0.2, 0) is 0 Å². The molecule has 2 nitrogen and oxygen atoms in total. The summed E-state index contributed by atoms with van der Waals surface area (Å²) in [4.78, 5) is 0. The maximum Gasteiger partial charge on any atom is 0.109 e. The highest BCUT2D eigenvalue weighted by Crippen LogP contribution is 2.27. The molecule has 0 aliphatic carbocycles. The van der Waals surface area contributed by atoms with Gasteiger partial charge in [0.15, 0.2) is 0 Å². The van der Waals surface area contributed by atoms with Gasteiger partial charge in [-0.15, -0.1) is 0 Å². The summed E-state index contributed by atoms with van der Waals surface area (Å²) in [5.41, 5.74) is 0.345. The Labute approximate surface area is 97.6 Å². The smallest absolute Gasteiger partial charge is 0.109 e. The molecular weight excluding hydrogens is 200 g/mol. The van der Waals surface area contributed by atoms with E-state index >= 15 is 0 Å². The highest BCUT2D eigenvalue weighted by molar-refractivity contribution is 5.24. The van der Waals surface area contributed by atoms with Crippen LogP contribution in [0.15, 0.2) is 60.7 Å². The molecule has 2 heteroatoms.